The van der Waals surface area contributed by atoms with Crippen LogP contribution in [-0.4, -0.2) is 59.8 Å². The van der Waals surface area contributed by atoms with Gasteiger partial charge in [-0.3, -0.25) is 4.79 Å². The molecule has 1 amide bonds. The Morgan fingerprint density at radius 1 is 1.13 bits per heavy atom. The second-order valence-electron chi connectivity index (χ2n) is 8.23. The first-order chi connectivity index (χ1) is 15.0. The average molecular weight is 462 g/mol. The van der Waals surface area contributed by atoms with E-state index in [4.69, 9.17) is 16.6 Å². The van der Waals surface area contributed by atoms with Crippen molar-refractivity contribution in [2.75, 3.05) is 37.8 Å². The number of hydrogen-bond acceptors (Lipinski definition) is 6. The average Bonchev–Trinajstić information content (AvgIpc) is 2.76. The third-order valence-corrected chi connectivity index (χ3v) is 6.36. The van der Waals surface area contributed by atoms with Crippen LogP contribution in [0, 0.1) is 0 Å². The molecule has 1 aliphatic rings. The Morgan fingerprint density at radius 2 is 1.87 bits per heavy atom. The Kier molecular flexibility index (Phi) is 9.43. The molecule has 3 rings (SSSR count). The van der Waals surface area contributed by atoms with Gasteiger partial charge in [-0.15, -0.1) is 0 Å². The zero-order valence-corrected chi connectivity index (χ0v) is 20.0. The van der Waals surface area contributed by atoms with Gasteiger partial charge in [0.1, 0.15) is 11.0 Å². The quantitative estimate of drug-likeness (QED) is 0.324. The van der Waals surface area contributed by atoms with E-state index in [0.29, 0.717) is 22.1 Å². The molecule has 8 heteroatoms. The number of amides is 1. The van der Waals surface area contributed by atoms with Crippen molar-refractivity contribution in [1.82, 2.24) is 20.2 Å². The van der Waals surface area contributed by atoms with Gasteiger partial charge in [0, 0.05) is 31.7 Å². The highest BCUT2D eigenvalue weighted by Gasteiger charge is 2.17. The van der Waals surface area contributed by atoms with E-state index in [2.05, 4.69) is 46.3 Å². The predicted molar refractivity (Wildman–Crippen MR) is 129 cm³/mol. The lowest BCUT2D eigenvalue weighted by Gasteiger charge is -2.26. The van der Waals surface area contributed by atoms with Crippen molar-refractivity contribution in [3.63, 3.8) is 0 Å². The van der Waals surface area contributed by atoms with Crippen LogP contribution >= 0.6 is 23.4 Å². The Bertz CT molecular complexity index is 830. The Morgan fingerprint density at radius 3 is 2.58 bits per heavy atom. The van der Waals surface area contributed by atoms with Gasteiger partial charge in [-0.05, 0) is 32.5 Å². The Balaban J connectivity index is 1.66. The fraction of sp³-hybridized carbons (Fsp3) is 0.522. The fourth-order valence-electron chi connectivity index (χ4n) is 3.66. The summed E-state index contributed by atoms with van der Waals surface area (Å²) in [6, 6.07) is 12.4. The number of likely N-dealkylation sites (N-methyl/N-ethyl adjacent to an activating group) is 1. The number of nitrogens with one attached hydrogen (secondary N) is 1. The lowest BCUT2D eigenvalue weighted by atomic mass is 9.95. The van der Waals surface area contributed by atoms with Crippen molar-refractivity contribution in [3.8, 4) is 0 Å². The summed E-state index contributed by atoms with van der Waals surface area (Å²) >= 11 is 7.67. The molecule has 1 aliphatic carbocycles. The van der Waals surface area contributed by atoms with E-state index in [1.54, 1.807) is 6.07 Å². The predicted octanol–water partition coefficient (Wildman–Crippen LogP) is 4.24. The van der Waals surface area contributed by atoms with Gasteiger partial charge in [-0.1, -0.05) is 73.0 Å². The number of thioether (sulfide) groups is 1. The highest BCUT2D eigenvalue weighted by atomic mass is 35.5. The van der Waals surface area contributed by atoms with Crippen molar-refractivity contribution in [1.29, 1.82) is 0 Å². The van der Waals surface area contributed by atoms with Crippen LogP contribution in [0.15, 0.2) is 41.6 Å². The molecule has 0 unspecified atom stereocenters. The van der Waals surface area contributed by atoms with Crippen LogP contribution < -0.4 is 10.2 Å². The smallest absolute Gasteiger partial charge is 0.230 e. The summed E-state index contributed by atoms with van der Waals surface area (Å²) < 4.78 is 0. The molecule has 1 aromatic heterocycles. The Labute approximate surface area is 194 Å². The second kappa shape index (κ2) is 12.3. The molecule has 0 aliphatic heterocycles. The molecule has 1 N–H and O–H groups in total. The molecule has 0 saturated heterocycles. The van der Waals surface area contributed by atoms with Crippen molar-refractivity contribution in [2.24, 2.45) is 0 Å². The second-order valence-corrected chi connectivity index (χ2v) is 9.56. The van der Waals surface area contributed by atoms with Gasteiger partial charge in [-0.2, -0.15) is 0 Å². The summed E-state index contributed by atoms with van der Waals surface area (Å²) in [6.45, 7) is 2.43. The largest absolute Gasteiger partial charge is 0.353 e. The number of carbonyl (C=O) groups excluding carboxylic acids is 1. The molecule has 6 nitrogen and oxygen atoms in total. The van der Waals surface area contributed by atoms with E-state index in [0.717, 1.165) is 38.3 Å². The summed E-state index contributed by atoms with van der Waals surface area (Å²) in [7, 11) is 4.11. The van der Waals surface area contributed by atoms with Gasteiger partial charge in [0.25, 0.3) is 0 Å². The number of aromatic nitrogens is 2. The molecule has 1 fully saturated rings. The zero-order chi connectivity index (χ0) is 22.1. The molecule has 1 heterocycles. The molecule has 31 heavy (non-hydrogen) atoms. The van der Waals surface area contributed by atoms with Crippen LogP contribution in [-0.2, 0) is 11.3 Å². The number of carbonyl (C=O) groups is 1. The van der Waals surface area contributed by atoms with Gasteiger partial charge in [0.15, 0.2) is 5.16 Å². The molecule has 0 atom stereocenters. The van der Waals surface area contributed by atoms with Crippen LogP contribution in [0.4, 0.5) is 5.82 Å². The molecule has 168 valence electrons. The lowest BCUT2D eigenvalue weighted by molar-refractivity contribution is -0.119. The SMILES string of the molecule is CN(C)CCN(Cc1ccccc1)c1cc(Cl)nc(SCC(=O)NC2CCCCC2)n1. The highest BCUT2D eigenvalue weighted by molar-refractivity contribution is 7.99. The first kappa shape index (κ1) is 23.8. The topological polar surface area (TPSA) is 61.4 Å². The van der Waals surface area contributed by atoms with Crippen molar-refractivity contribution in [2.45, 2.75) is 49.8 Å². The minimum Gasteiger partial charge on any atom is -0.353 e. The minimum absolute atomic E-state index is 0.0378. The maximum atomic E-state index is 12.4. The van der Waals surface area contributed by atoms with Gasteiger partial charge in [0.2, 0.25) is 5.91 Å². The van der Waals surface area contributed by atoms with Gasteiger partial charge < -0.3 is 15.1 Å². The summed E-state index contributed by atoms with van der Waals surface area (Å²) in [5.74, 6) is 1.11. The number of nitrogens with zero attached hydrogens (tertiary/aromatic N) is 4. The number of rotatable bonds is 10. The van der Waals surface area contributed by atoms with Gasteiger partial charge >= 0.3 is 0 Å². The lowest BCUT2D eigenvalue weighted by Crippen LogP contribution is -2.37. The van der Waals surface area contributed by atoms with Crippen LogP contribution in [0.5, 0.6) is 0 Å². The summed E-state index contributed by atoms with van der Waals surface area (Å²) in [4.78, 5) is 25.8. The number of anilines is 1. The minimum atomic E-state index is 0.0378. The number of hydrogen-bond donors (Lipinski definition) is 1. The van der Waals surface area contributed by atoms with E-state index < -0.39 is 0 Å². The normalized spacial score (nSPS) is 14.6. The first-order valence-corrected chi connectivity index (χ1v) is 12.3. The molecule has 0 bridgehead atoms. The van der Waals surface area contributed by atoms with Crippen LogP contribution in [0.3, 0.4) is 0 Å². The standard InChI is InChI=1S/C23H32ClN5OS/c1-28(2)13-14-29(16-18-9-5-3-6-10-18)21-15-20(24)26-23(27-21)31-17-22(30)25-19-11-7-4-8-12-19/h3,5-6,9-10,15,19H,4,7-8,11-14,16-17H2,1-2H3,(H,25,30). The third-order valence-electron chi connectivity index (χ3n) is 5.32. The zero-order valence-electron chi connectivity index (χ0n) is 18.4. The Hall–Kier alpha value is -1.83. The van der Waals surface area contributed by atoms with Crippen molar-refractivity contribution >= 4 is 35.1 Å². The van der Waals surface area contributed by atoms with Crippen LogP contribution in [0.25, 0.3) is 0 Å². The summed E-state index contributed by atoms with van der Waals surface area (Å²) in [6.07, 6.45) is 5.82. The van der Waals surface area contributed by atoms with E-state index in [-0.39, 0.29) is 5.91 Å². The van der Waals surface area contributed by atoms with Gasteiger partial charge in [-0.25, -0.2) is 9.97 Å². The van der Waals surface area contributed by atoms with E-state index in [9.17, 15) is 4.79 Å². The molecular formula is C23H32ClN5OS. The molecule has 0 spiro atoms. The number of benzene rings is 1. The van der Waals surface area contributed by atoms with Crippen LogP contribution in [0.1, 0.15) is 37.7 Å². The third kappa shape index (κ3) is 8.31. The maximum Gasteiger partial charge on any atom is 0.230 e. The molecule has 0 radical (unpaired) electrons. The highest BCUT2D eigenvalue weighted by Crippen LogP contribution is 2.24. The van der Waals surface area contributed by atoms with Crippen molar-refractivity contribution < 1.29 is 4.79 Å². The maximum absolute atomic E-state index is 12.4. The fourth-order valence-corrected chi connectivity index (χ4v) is 4.55. The number of halogens is 1. The van der Waals surface area contributed by atoms with E-state index >= 15 is 0 Å². The van der Waals surface area contributed by atoms with Gasteiger partial charge in [0.05, 0.1) is 5.75 Å². The first-order valence-electron chi connectivity index (χ1n) is 10.9. The molecular weight excluding hydrogens is 430 g/mol. The molecule has 1 aromatic carbocycles. The monoisotopic (exact) mass is 461 g/mol. The van der Waals surface area contributed by atoms with E-state index in [1.165, 1.54) is 36.6 Å². The summed E-state index contributed by atoms with van der Waals surface area (Å²) in [5.41, 5.74) is 1.21. The molecule has 1 saturated carbocycles. The van der Waals surface area contributed by atoms with Crippen LogP contribution in [0.2, 0.25) is 5.15 Å². The van der Waals surface area contributed by atoms with E-state index in [1.807, 2.05) is 18.2 Å². The molecule has 2 aromatic rings. The van der Waals surface area contributed by atoms with Crippen molar-refractivity contribution in [3.05, 3.63) is 47.1 Å². The summed E-state index contributed by atoms with van der Waals surface area (Å²) in [5, 5.41) is 4.07.